The summed E-state index contributed by atoms with van der Waals surface area (Å²) in [6.07, 6.45) is -0.156. The highest BCUT2D eigenvalue weighted by Crippen LogP contribution is 2.49. The minimum absolute atomic E-state index is 0.148. The van der Waals surface area contributed by atoms with Crippen molar-refractivity contribution in [3.05, 3.63) is 35.9 Å². The molecule has 1 aromatic carbocycles. The topological polar surface area (TPSA) is 35.5 Å². The fourth-order valence-electron chi connectivity index (χ4n) is 1.69. The van der Waals surface area contributed by atoms with E-state index < -0.39 is 8.25 Å². The van der Waals surface area contributed by atoms with E-state index in [0.29, 0.717) is 6.61 Å². The lowest BCUT2D eigenvalue weighted by molar-refractivity contribution is -0.0165. The van der Waals surface area contributed by atoms with Gasteiger partial charge in [0.1, 0.15) is 12.7 Å². The smallest absolute Gasteiger partial charge is 0.118 e. The molecule has 1 fully saturated rings. The van der Waals surface area contributed by atoms with Gasteiger partial charge in [-0.3, -0.25) is 0 Å². The molecule has 80 valence electrons. The van der Waals surface area contributed by atoms with Crippen LogP contribution in [0.15, 0.2) is 30.3 Å². The zero-order chi connectivity index (χ0) is 10.9. The van der Waals surface area contributed by atoms with Gasteiger partial charge in [-0.05, 0) is 5.56 Å². The van der Waals surface area contributed by atoms with Gasteiger partial charge in [0.2, 0.25) is 0 Å². The van der Waals surface area contributed by atoms with Gasteiger partial charge in [-0.1, -0.05) is 44.2 Å². The second kappa shape index (κ2) is 4.01. The van der Waals surface area contributed by atoms with E-state index >= 15 is 0 Å². The maximum Gasteiger partial charge on any atom is 0.698 e. The average molecular weight is 225 g/mol. The number of benzene rings is 1. The summed E-state index contributed by atoms with van der Waals surface area (Å²) in [5.41, 5.74) is 0.902. The monoisotopic (exact) mass is 225 g/mol. The maximum absolute atomic E-state index is 11.2. The summed E-state index contributed by atoms with van der Waals surface area (Å²) in [5.74, 6) is 0. The van der Waals surface area contributed by atoms with Crippen molar-refractivity contribution in [2.24, 2.45) is 5.41 Å². The maximum atomic E-state index is 11.2. The summed E-state index contributed by atoms with van der Waals surface area (Å²) in [6, 6.07) is 9.84. The second-order valence-corrected chi connectivity index (χ2v) is 5.30. The molecule has 0 aliphatic carbocycles. The molecule has 4 heteroatoms. The van der Waals surface area contributed by atoms with Crippen molar-refractivity contribution in [2.75, 3.05) is 6.61 Å². The van der Waals surface area contributed by atoms with Crippen molar-refractivity contribution < 1.29 is 13.6 Å². The first-order valence-corrected chi connectivity index (χ1v) is 6.01. The molecule has 0 N–H and O–H groups in total. The molecule has 0 spiro atoms. The molecule has 1 unspecified atom stereocenters. The van der Waals surface area contributed by atoms with E-state index in [1.807, 2.05) is 44.2 Å². The van der Waals surface area contributed by atoms with Gasteiger partial charge >= 0.3 is 8.25 Å². The van der Waals surface area contributed by atoms with Crippen LogP contribution in [0.2, 0.25) is 0 Å². The van der Waals surface area contributed by atoms with E-state index in [-0.39, 0.29) is 11.5 Å². The van der Waals surface area contributed by atoms with Crippen LogP contribution in [0.25, 0.3) is 0 Å². The van der Waals surface area contributed by atoms with Crippen molar-refractivity contribution in [1.82, 2.24) is 0 Å². The summed E-state index contributed by atoms with van der Waals surface area (Å²) >= 11 is 0. The molecule has 2 rings (SSSR count). The lowest BCUT2D eigenvalue weighted by Gasteiger charge is -2.30. The van der Waals surface area contributed by atoms with Crippen LogP contribution in [0, 0.1) is 5.41 Å². The third kappa shape index (κ3) is 2.25. The zero-order valence-corrected chi connectivity index (χ0v) is 9.74. The Labute approximate surface area is 90.4 Å². The molecular formula is C11H14O3P+. The first-order valence-electron chi connectivity index (χ1n) is 4.91. The Morgan fingerprint density at radius 2 is 2.00 bits per heavy atom. The first-order chi connectivity index (χ1) is 7.09. The van der Waals surface area contributed by atoms with Crippen LogP contribution < -0.4 is 0 Å². The van der Waals surface area contributed by atoms with Gasteiger partial charge < -0.3 is 0 Å². The molecule has 0 aromatic heterocycles. The molecule has 3 nitrogen and oxygen atoms in total. The first kappa shape index (κ1) is 10.7. The summed E-state index contributed by atoms with van der Waals surface area (Å²) in [4.78, 5) is 0. The van der Waals surface area contributed by atoms with Crippen molar-refractivity contribution in [1.29, 1.82) is 0 Å². The standard InChI is InChI=1S/C11H14O3P/c1-11(2)8-13-15(12)14-10(11)9-6-4-3-5-7-9/h3-7,10H,8H2,1-2H3/q+1/t10-/m1/s1. The number of hydrogen-bond donors (Lipinski definition) is 0. The van der Waals surface area contributed by atoms with E-state index in [0.717, 1.165) is 5.56 Å². The molecule has 0 bridgehead atoms. The Hall–Kier alpha value is -0.760. The quantitative estimate of drug-likeness (QED) is 0.686. The van der Waals surface area contributed by atoms with Gasteiger partial charge in [-0.2, -0.15) is 0 Å². The van der Waals surface area contributed by atoms with E-state index in [1.54, 1.807) is 0 Å². The predicted molar refractivity (Wildman–Crippen MR) is 57.6 cm³/mol. The van der Waals surface area contributed by atoms with Crippen LogP contribution >= 0.6 is 8.25 Å². The Balaban J connectivity index is 2.29. The van der Waals surface area contributed by atoms with Crippen molar-refractivity contribution >= 4 is 8.25 Å². The fourth-order valence-corrected chi connectivity index (χ4v) is 2.77. The lowest BCUT2D eigenvalue weighted by atomic mass is 9.83. The summed E-state index contributed by atoms with van der Waals surface area (Å²) in [5, 5.41) is 0. The van der Waals surface area contributed by atoms with E-state index in [1.165, 1.54) is 0 Å². The van der Waals surface area contributed by atoms with Crippen LogP contribution in [0.5, 0.6) is 0 Å². The Kier molecular flexibility index (Phi) is 2.87. The molecule has 1 aromatic rings. The fraction of sp³-hybridized carbons (Fsp3) is 0.455. The van der Waals surface area contributed by atoms with Crippen LogP contribution in [-0.4, -0.2) is 6.61 Å². The van der Waals surface area contributed by atoms with Gasteiger partial charge in [0, 0.05) is 9.98 Å². The molecule has 0 saturated carbocycles. The normalized spacial score (nSPS) is 27.6. The lowest BCUT2D eigenvalue weighted by Crippen LogP contribution is -2.31. The van der Waals surface area contributed by atoms with Gasteiger partial charge in [0.05, 0.1) is 0 Å². The SMILES string of the molecule is CC1(C)CO[P+](=O)O[C@@H]1c1ccccc1. The van der Waals surface area contributed by atoms with Crippen molar-refractivity contribution in [2.45, 2.75) is 20.0 Å². The molecule has 2 atom stereocenters. The van der Waals surface area contributed by atoms with E-state index in [9.17, 15) is 4.57 Å². The molecular weight excluding hydrogens is 211 g/mol. The Morgan fingerprint density at radius 3 is 2.67 bits per heavy atom. The van der Waals surface area contributed by atoms with Crippen LogP contribution in [0.1, 0.15) is 25.5 Å². The number of rotatable bonds is 1. The van der Waals surface area contributed by atoms with Gasteiger partial charge in [0.15, 0.2) is 0 Å². The van der Waals surface area contributed by atoms with Crippen LogP contribution in [0.4, 0.5) is 0 Å². The molecule has 0 amide bonds. The van der Waals surface area contributed by atoms with Gasteiger partial charge in [-0.15, -0.1) is 9.05 Å². The van der Waals surface area contributed by atoms with Gasteiger partial charge in [0.25, 0.3) is 0 Å². The van der Waals surface area contributed by atoms with E-state index in [4.69, 9.17) is 9.05 Å². The highest BCUT2D eigenvalue weighted by atomic mass is 31.1. The van der Waals surface area contributed by atoms with E-state index in [2.05, 4.69) is 0 Å². The van der Waals surface area contributed by atoms with Crippen LogP contribution in [0.3, 0.4) is 0 Å². The van der Waals surface area contributed by atoms with Crippen LogP contribution in [-0.2, 0) is 13.6 Å². The third-order valence-electron chi connectivity index (χ3n) is 2.55. The molecule has 15 heavy (non-hydrogen) atoms. The molecule has 1 saturated heterocycles. The highest BCUT2D eigenvalue weighted by molar-refractivity contribution is 7.33. The minimum Gasteiger partial charge on any atom is -0.118 e. The van der Waals surface area contributed by atoms with Gasteiger partial charge in [-0.25, -0.2) is 0 Å². The Bertz CT molecular complexity index is 361. The third-order valence-corrected chi connectivity index (χ3v) is 3.27. The largest absolute Gasteiger partial charge is 0.698 e. The summed E-state index contributed by atoms with van der Waals surface area (Å²) in [7, 11) is -1.96. The molecule has 1 aliphatic heterocycles. The molecule has 1 heterocycles. The second-order valence-electron chi connectivity index (χ2n) is 4.38. The average Bonchev–Trinajstić information content (AvgIpc) is 2.23. The van der Waals surface area contributed by atoms with Crippen molar-refractivity contribution in [3.8, 4) is 0 Å². The summed E-state index contributed by atoms with van der Waals surface area (Å²) in [6.45, 7) is 4.56. The molecule has 1 aliphatic rings. The Morgan fingerprint density at radius 1 is 1.33 bits per heavy atom. The highest BCUT2D eigenvalue weighted by Gasteiger charge is 2.46. The summed E-state index contributed by atoms with van der Waals surface area (Å²) < 4.78 is 21.6. The van der Waals surface area contributed by atoms with Crippen molar-refractivity contribution in [3.63, 3.8) is 0 Å². The molecule has 0 radical (unpaired) electrons. The zero-order valence-electron chi connectivity index (χ0n) is 8.84. The number of hydrogen-bond acceptors (Lipinski definition) is 3. The minimum atomic E-state index is -1.96. The predicted octanol–water partition coefficient (Wildman–Crippen LogP) is 3.46.